The van der Waals surface area contributed by atoms with Crippen LogP contribution in [0.5, 0.6) is 0 Å². The van der Waals surface area contributed by atoms with E-state index in [4.69, 9.17) is 4.42 Å². The van der Waals surface area contributed by atoms with Gasteiger partial charge in [-0.2, -0.15) is 0 Å². The van der Waals surface area contributed by atoms with Crippen LogP contribution in [0.15, 0.2) is 52.3 Å². The summed E-state index contributed by atoms with van der Waals surface area (Å²) in [4.78, 5) is 2.14. The van der Waals surface area contributed by atoms with Crippen LogP contribution in [0.25, 0.3) is 0 Å². The van der Waals surface area contributed by atoms with Gasteiger partial charge in [-0.1, -0.05) is 32.0 Å². The second-order valence-electron chi connectivity index (χ2n) is 7.07. The third-order valence-corrected chi connectivity index (χ3v) is 7.53. The molecule has 1 aliphatic rings. The molecule has 1 aliphatic heterocycles. The Bertz CT molecular complexity index is 849. The molecule has 5 heteroatoms. The van der Waals surface area contributed by atoms with Crippen molar-refractivity contribution < 1.29 is 8.98 Å². The van der Waals surface area contributed by atoms with Crippen molar-refractivity contribution in [1.29, 1.82) is 0 Å². The number of benzene rings is 1. The molecule has 0 N–H and O–H groups in total. The quantitative estimate of drug-likeness (QED) is 0.777. The standard InChI is InChI=1S/C19H25N2O2P/c1-14-11-12-18(23-14)24(22,20(4)5)13-17-19(2,3)15-9-7-8-10-16(15)21(17)6/h7-13H,1-6H3/b17-13+. The first-order chi connectivity index (χ1) is 11.2. The lowest BCUT2D eigenvalue weighted by atomic mass is 9.84. The van der Waals surface area contributed by atoms with E-state index in [0.29, 0.717) is 5.50 Å². The molecule has 1 atom stereocenters. The van der Waals surface area contributed by atoms with Gasteiger partial charge in [0.15, 0.2) is 5.50 Å². The first-order valence-electron chi connectivity index (χ1n) is 8.09. The number of rotatable bonds is 3. The summed E-state index contributed by atoms with van der Waals surface area (Å²) in [5.74, 6) is 2.68. The molecule has 128 valence electrons. The van der Waals surface area contributed by atoms with E-state index < -0.39 is 7.29 Å². The molecule has 1 aromatic heterocycles. The van der Waals surface area contributed by atoms with Gasteiger partial charge in [0, 0.05) is 29.7 Å². The third kappa shape index (κ3) is 2.45. The number of hydrogen-bond acceptors (Lipinski definition) is 3. The molecular formula is C19H25N2O2P. The number of nitrogens with zero attached hydrogens (tertiary/aromatic N) is 2. The van der Waals surface area contributed by atoms with Crippen LogP contribution >= 0.6 is 7.29 Å². The van der Waals surface area contributed by atoms with Crippen LogP contribution in [0.2, 0.25) is 0 Å². The van der Waals surface area contributed by atoms with E-state index in [0.717, 1.165) is 17.1 Å². The number of likely N-dealkylation sites (N-methyl/N-ethyl adjacent to an activating group) is 1. The minimum atomic E-state index is -2.95. The Balaban J connectivity index is 2.18. The maximum Gasteiger partial charge on any atom is 0.235 e. The Hall–Kier alpha value is -1.77. The predicted octanol–water partition coefficient (Wildman–Crippen LogP) is 4.32. The average molecular weight is 344 g/mol. The fourth-order valence-electron chi connectivity index (χ4n) is 3.37. The number of furan rings is 1. The summed E-state index contributed by atoms with van der Waals surface area (Å²) in [7, 11) is 2.76. The van der Waals surface area contributed by atoms with Gasteiger partial charge in [-0.3, -0.25) is 9.24 Å². The van der Waals surface area contributed by atoms with Gasteiger partial charge in [-0.15, -0.1) is 0 Å². The van der Waals surface area contributed by atoms with Crippen molar-refractivity contribution in [2.24, 2.45) is 0 Å². The summed E-state index contributed by atoms with van der Waals surface area (Å²) in [6.45, 7) is 6.22. The van der Waals surface area contributed by atoms with E-state index in [1.807, 2.05) is 52.1 Å². The number of fused-ring (bicyclic) bond motifs is 1. The summed E-state index contributed by atoms with van der Waals surface area (Å²) in [6.07, 6.45) is 0. The van der Waals surface area contributed by atoms with Gasteiger partial charge in [-0.05, 0) is 44.8 Å². The molecule has 0 radical (unpaired) electrons. The Kier molecular flexibility index (Phi) is 4.01. The minimum Gasteiger partial charge on any atom is -0.457 e. The topological polar surface area (TPSA) is 36.7 Å². The first-order valence-corrected chi connectivity index (χ1v) is 9.82. The molecule has 0 amide bonds. The van der Waals surface area contributed by atoms with Crippen LogP contribution in [-0.2, 0) is 9.98 Å². The van der Waals surface area contributed by atoms with Gasteiger partial charge in [0.05, 0.1) is 0 Å². The second kappa shape index (κ2) is 5.65. The van der Waals surface area contributed by atoms with E-state index >= 15 is 0 Å². The SMILES string of the molecule is Cc1ccc(P(=O)(/C=C2/N(C)c3ccccc3C2(C)C)N(C)C)o1. The average Bonchev–Trinajstić information content (AvgIpc) is 3.04. The maximum atomic E-state index is 13.8. The molecule has 3 rings (SSSR count). The molecule has 0 saturated carbocycles. The molecule has 4 nitrogen and oxygen atoms in total. The Morgan fingerprint density at radius 3 is 2.38 bits per heavy atom. The van der Waals surface area contributed by atoms with E-state index in [1.54, 1.807) is 4.67 Å². The number of anilines is 1. The fraction of sp³-hybridized carbons (Fsp3) is 0.368. The predicted molar refractivity (Wildman–Crippen MR) is 100 cm³/mol. The molecule has 0 aliphatic carbocycles. The van der Waals surface area contributed by atoms with Crippen molar-refractivity contribution in [3.63, 3.8) is 0 Å². The summed E-state index contributed by atoms with van der Waals surface area (Å²) >= 11 is 0. The molecule has 1 aromatic carbocycles. The highest BCUT2D eigenvalue weighted by Crippen LogP contribution is 2.55. The van der Waals surface area contributed by atoms with Gasteiger partial charge in [0.25, 0.3) is 0 Å². The van der Waals surface area contributed by atoms with Gasteiger partial charge in [-0.25, -0.2) is 0 Å². The van der Waals surface area contributed by atoms with Crippen LogP contribution in [0.3, 0.4) is 0 Å². The summed E-state index contributed by atoms with van der Waals surface area (Å²) in [5, 5.41) is 0. The number of allylic oxidation sites excluding steroid dienone is 1. The molecule has 24 heavy (non-hydrogen) atoms. The van der Waals surface area contributed by atoms with Crippen molar-refractivity contribution in [3.05, 3.63) is 59.2 Å². The zero-order valence-electron chi connectivity index (χ0n) is 15.2. The first kappa shape index (κ1) is 17.1. The highest BCUT2D eigenvalue weighted by molar-refractivity contribution is 7.71. The molecule has 0 saturated heterocycles. The van der Waals surface area contributed by atoms with E-state index in [2.05, 4.69) is 36.9 Å². The smallest absolute Gasteiger partial charge is 0.235 e. The van der Waals surface area contributed by atoms with Crippen molar-refractivity contribution in [2.75, 3.05) is 26.0 Å². The zero-order chi connectivity index (χ0) is 17.7. The Morgan fingerprint density at radius 2 is 1.83 bits per heavy atom. The largest absolute Gasteiger partial charge is 0.457 e. The summed E-state index contributed by atoms with van der Waals surface area (Å²) in [6, 6.07) is 12.0. The fourth-order valence-corrected chi connectivity index (χ4v) is 5.51. The normalized spacial score (nSPS) is 20.5. The molecule has 0 fully saturated rings. The van der Waals surface area contributed by atoms with E-state index in [1.165, 1.54) is 5.56 Å². The molecule has 2 aromatic rings. The van der Waals surface area contributed by atoms with Gasteiger partial charge in [0.2, 0.25) is 7.29 Å². The molecule has 0 spiro atoms. The van der Waals surface area contributed by atoms with Crippen LogP contribution in [0, 0.1) is 6.92 Å². The number of para-hydroxylation sites is 1. The summed E-state index contributed by atoms with van der Waals surface area (Å²) < 4.78 is 21.3. The van der Waals surface area contributed by atoms with E-state index in [-0.39, 0.29) is 5.41 Å². The van der Waals surface area contributed by atoms with Crippen molar-refractivity contribution >= 4 is 18.5 Å². The lowest BCUT2D eigenvalue weighted by Gasteiger charge is -2.28. The highest BCUT2D eigenvalue weighted by atomic mass is 31.2. The van der Waals surface area contributed by atoms with Crippen LogP contribution in [0.4, 0.5) is 5.69 Å². The maximum absolute atomic E-state index is 13.8. The van der Waals surface area contributed by atoms with Gasteiger partial charge < -0.3 is 9.32 Å². The van der Waals surface area contributed by atoms with Crippen molar-refractivity contribution in [3.8, 4) is 0 Å². The molecular weight excluding hydrogens is 319 g/mol. The van der Waals surface area contributed by atoms with E-state index in [9.17, 15) is 4.57 Å². The lowest BCUT2D eigenvalue weighted by molar-refractivity contribution is 0.506. The second-order valence-corrected chi connectivity index (χ2v) is 9.81. The molecule has 0 bridgehead atoms. The van der Waals surface area contributed by atoms with Crippen LogP contribution in [0.1, 0.15) is 25.2 Å². The monoisotopic (exact) mass is 344 g/mol. The number of aryl methyl sites for hydroxylation is 1. The lowest BCUT2D eigenvalue weighted by Crippen LogP contribution is -2.25. The minimum absolute atomic E-state index is 0.210. The van der Waals surface area contributed by atoms with Gasteiger partial charge >= 0.3 is 0 Å². The van der Waals surface area contributed by atoms with Crippen LogP contribution < -0.4 is 10.4 Å². The Morgan fingerprint density at radius 1 is 1.17 bits per heavy atom. The Labute approximate surface area is 144 Å². The van der Waals surface area contributed by atoms with Crippen molar-refractivity contribution in [2.45, 2.75) is 26.2 Å². The van der Waals surface area contributed by atoms with Crippen LogP contribution in [-0.4, -0.2) is 25.8 Å². The summed E-state index contributed by atoms with van der Waals surface area (Å²) in [5.41, 5.74) is 3.76. The molecule has 1 unspecified atom stereocenters. The van der Waals surface area contributed by atoms with Crippen molar-refractivity contribution in [1.82, 2.24) is 4.67 Å². The third-order valence-electron chi connectivity index (χ3n) is 4.87. The van der Waals surface area contributed by atoms with Gasteiger partial charge in [0.1, 0.15) is 5.76 Å². The highest BCUT2D eigenvalue weighted by Gasteiger charge is 2.41. The molecule has 2 heterocycles. The number of hydrogen-bond donors (Lipinski definition) is 0. The zero-order valence-corrected chi connectivity index (χ0v) is 16.1.